The summed E-state index contributed by atoms with van der Waals surface area (Å²) in [6.07, 6.45) is 2.40. The summed E-state index contributed by atoms with van der Waals surface area (Å²) >= 11 is 0.314. The molecule has 0 saturated carbocycles. The summed E-state index contributed by atoms with van der Waals surface area (Å²) in [5.41, 5.74) is -2.80. The molecule has 0 saturated heterocycles. The first-order valence-corrected chi connectivity index (χ1v) is 7.69. The monoisotopic (exact) mass is 349 g/mol. The maximum atomic E-state index is 14.8. The number of methoxy groups -OCH3 is 1. The van der Waals surface area contributed by atoms with E-state index in [-0.39, 0.29) is 5.75 Å². The Kier molecular flexibility index (Phi) is 5.30. The maximum Gasteiger partial charge on any atom is 0.328 e. The van der Waals surface area contributed by atoms with Crippen LogP contribution in [-0.2, 0) is 16.9 Å². The molecule has 0 fully saturated rings. The zero-order valence-electron chi connectivity index (χ0n) is 12.5. The van der Waals surface area contributed by atoms with Crippen molar-refractivity contribution in [3.8, 4) is 0 Å². The Morgan fingerprint density at radius 3 is 2.57 bits per heavy atom. The van der Waals surface area contributed by atoms with Crippen molar-refractivity contribution >= 4 is 11.8 Å². The van der Waals surface area contributed by atoms with Gasteiger partial charge in [0.25, 0.3) is 0 Å². The number of benzene rings is 1. The number of ether oxygens (including phenoxy) is 1. The van der Waals surface area contributed by atoms with Crippen molar-refractivity contribution in [3.05, 3.63) is 48.1 Å². The highest BCUT2D eigenvalue weighted by atomic mass is 32.2. The van der Waals surface area contributed by atoms with Crippen LogP contribution in [-0.4, -0.2) is 32.9 Å². The summed E-state index contributed by atoms with van der Waals surface area (Å²) in [7, 11) is 1.06. The van der Waals surface area contributed by atoms with Crippen LogP contribution in [0.2, 0.25) is 0 Å². The highest BCUT2D eigenvalue weighted by molar-refractivity contribution is 8.00. The van der Waals surface area contributed by atoms with E-state index in [2.05, 4.69) is 10.1 Å². The fourth-order valence-corrected chi connectivity index (χ4v) is 3.14. The van der Waals surface area contributed by atoms with E-state index in [1.807, 2.05) is 0 Å². The summed E-state index contributed by atoms with van der Waals surface area (Å²) in [5.74, 6) is -1.88. The quantitative estimate of drug-likeness (QED) is 0.718. The summed E-state index contributed by atoms with van der Waals surface area (Å²) in [4.78, 5) is 3.69. The zero-order valence-corrected chi connectivity index (χ0v) is 13.3. The molecule has 1 aromatic carbocycles. The number of rotatable bonds is 7. The van der Waals surface area contributed by atoms with E-state index >= 15 is 0 Å². The lowest BCUT2D eigenvalue weighted by Crippen LogP contribution is -2.49. The van der Waals surface area contributed by atoms with Gasteiger partial charge in [-0.05, 0) is 17.9 Å². The van der Waals surface area contributed by atoms with Gasteiger partial charge < -0.3 is 4.74 Å². The smallest absolute Gasteiger partial charge is 0.328 e. The molecule has 0 aliphatic heterocycles. The Morgan fingerprint density at radius 2 is 2.04 bits per heavy atom. The van der Waals surface area contributed by atoms with E-state index in [9.17, 15) is 17.6 Å². The predicted molar refractivity (Wildman–Crippen MR) is 78.1 cm³/mol. The molecule has 1 heterocycles. The Balaban J connectivity index is 2.61. The molecule has 0 aliphatic rings. The number of aromatic nitrogens is 3. The molecule has 9 heteroatoms. The first-order valence-electron chi connectivity index (χ1n) is 6.71. The molecule has 2 aromatic rings. The van der Waals surface area contributed by atoms with Crippen LogP contribution in [0.3, 0.4) is 0 Å². The van der Waals surface area contributed by atoms with Gasteiger partial charge in [0.2, 0.25) is 0 Å². The second-order valence-electron chi connectivity index (χ2n) is 4.70. The van der Waals surface area contributed by atoms with Crippen LogP contribution in [0.25, 0.3) is 0 Å². The van der Waals surface area contributed by atoms with Crippen LogP contribution in [0.1, 0.15) is 12.5 Å². The largest absolute Gasteiger partial charge is 0.364 e. The van der Waals surface area contributed by atoms with Crippen LogP contribution in [0.15, 0.2) is 30.9 Å². The van der Waals surface area contributed by atoms with Gasteiger partial charge in [0.15, 0.2) is 5.60 Å². The molecule has 1 unspecified atom stereocenters. The average Bonchev–Trinajstić information content (AvgIpc) is 2.98. The van der Waals surface area contributed by atoms with Crippen molar-refractivity contribution in [2.24, 2.45) is 0 Å². The van der Waals surface area contributed by atoms with E-state index in [0.29, 0.717) is 17.8 Å². The van der Waals surface area contributed by atoms with Crippen molar-refractivity contribution in [1.82, 2.24) is 14.8 Å². The molecule has 0 radical (unpaired) electrons. The SMILES string of the molecule is CCSC(F)(F)C(Cn1cncn1)(OC)c1ccc(F)cc1F. The highest BCUT2D eigenvalue weighted by Crippen LogP contribution is 2.49. The van der Waals surface area contributed by atoms with Gasteiger partial charge in [-0.25, -0.2) is 18.4 Å². The third-order valence-corrected chi connectivity index (χ3v) is 4.34. The minimum atomic E-state index is -3.49. The molecule has 126 valence electrons. The zero-order chi connectivity index (χ0) is 17.1. The van der Waals surface area contributed by atoms with E-state index in [1.54, 1.807) is 6.92 Å². The van der Waals surface area contributed by atoms with Crippen LogP contribution in [0.4, 0.5) is 17.6 Å². The molecule has 0 amide bonds. The minimum absolute atomic E-state index is 0.0816. The molecule has 0 spiro atoms. The van der Waals surface area contributed by atoms with Gasteiger partial charge in [-0.15, -0.1) is 0 Å². The summed E-state index contributed by atoms with van der Waals surface area (Å²) in [6.45, 7) is 1.07. The standard InChI is InChI=1S/C14H15F4N3OS/c1-3-23-14(17,18)13(22-2,7-21-9-19-8-20-21)11-5-4-10(15)6-12(11)16/h4-6,8-9H,3,7H2,1-2H3. The number of hydrogen-bond donors (Lipinski definition) is 0. The van der Waals surface area contributed by atoms with Crippen molar-refractivity contribution in [2.45, 2.75) is 24.3 Å². The van der Waals surface area contributed by atoms with Gasteiger partial charge >= 0.3 is 5.25 Å². The molecule has 1 aromatic heterocycles. The molecule has 1 atom stereocenters. The fraction of sp³-hybridized carbons (Fsp3) is 0.429. The van der Waals surface area contributed by atoms with E-state index in [4.69, 9.17) is 4.74 Å². The maximum absolute atomic E-state index is 14.8. The van der Waals surface area contributed by atoms with Gasteiger partial charge in [-0.2, -0.15) is 13.9 Å². The Labute approximate surface area is 134 Å². The number of halogens is 4. The summed E-state index contributed by atoms with van der Waals surface area (Å²) < 4.78 is 63.3. The minimum Gasteiger partial charge on any atom is -0.364 e. The normalized spacial score (nSPS) is 14.7. The second kappa shape index (κ2) is 6.88. The van der Waals surface area contributed by atoms with Gasteiger partial charge in [0.05, 0.1) is 6.54 Å². The lowest BCUT2D eigenvalue weighted by atomic mass is 9.92. The van der Waals surface area contributed by atoms with Crippen molar-refractivity contribution in [3.63, 3.8) is 0 Å². The number of thioether (sulfide) groups is 1. The first-order chi connectivity index (χ1) is 10.9. The van der Waals surface area contributed by atoms with Gasteiger partial charge in [-0.1, -0.05) is 18.7 Å². The van der Waals surface area contributed by atoms with Crippen LogP contribution in [0.5, 0.6) is 0 Å². The van der Waals surface area contributed by atoms with Crippen molar-refractivity contribution in [2.75, 3.05) is 12.9 Å². The van der Waals surface area contributed by atoms with Gasteiger partial charge in [0.1, 0.15) is 24.3 Å². The topological polar surface area (TPSA) is 39.9 Å². The Morgan fingerprint density at radius 1 is 1.30 bits per heavy atom. The third kappa shape index (κ3) is 3.35. The number of nitrogens with zero attached hydrogens (tertiary/aromatic N) is 3. The van der Waals surface area contributed by atoms with Crippen LogP contribution >= 0.6 is 11.8 Å². The predicted octanol–water partition coefficient (Wildman–Crippen LogP) is 3.44. The van der Waals surface area contributed by atoms with Crippen LogP contribution in [0, 0.1) is 11.6 Å². The molecular formula is C14H15F4N3OS. The molecule has 0 bridgehead atoms. The molecule has 0 N–H and O–H groups in total. The van der Waals surface area contributed by atoms with E-state index in [1.165, 1.54) is 12.7 Å². The molecular weight excluding hydrogens is 334 g/mol. The number of alkyl halides is 2. The lowest BCUT2D eigenvalue weighted by molar-refractivity contribution is -0.161. The Hall–Kier alpha value is -1.61. The van der Waals surface area contributed by atoms with E-state index in [0.717, 1.165) is 23.9 Å². The van der Waals surface area contributed by atoms with E-state index < -0.39 is 34.6 Å². The van der Waals surface area contributed by atoms with Gasteiger partial charge in [0, 0.05) is 18.7 Å². The number of hydrogen-bond acceptors (Lipinski definition) is 4. The average molecular weight is 349 g/mol. The highest BCUT2D eigenvalue weighted by Gasteiger charge is 2.57. The van der Waals surface area contributed by atoms with Crippen molar-refractivity contribution < 1.29 is 22.3 Å². The van der Waals surface area contributed by atoms with Gasteiger partial charge in [-0.3, -0.25) is 0 Å². The lowest BCUT2D eigenvalue weighted by Gasteiger charge is -2.38. The molecule has 2 rings (SSSR count). The summed E-state index contributed by atoms with van der Waals surface area (Å²) in [6, 6.07) is 2.44. The first kappa shape index (κ1) is 17.7. The van der Waals surface area contributed by atoms with Crippen LogP contribution < -0.4 is 0 Å². The fourth-order valence-electron chi connectivity index (χ4n) is 2.28. The molecule has 23 heavy (non-hydrogen) atoms. The second-order valence-corrected chi connectivity index (χ2v) is 6.08. The molecule has 4 nitrogen and oxygen atoms in total. The third-order valence-electron chi connectivity index (χ3n) is 3.36. The summed E-state index contributed by atoms with van der Waals surface area (Å²) in [5, 5.41) is 0.297. The molecule has 0 aliphatic carbocycles. The van der Waals surface area contributed by atoms with Crippen molar-refractivity contribution in [1.29, 1.82) is 0 Å². The Bertz CT molecular complexity index is 653.